The summed E-state index contributed by atoms with van der Waals surface area (Å²) in [5.41, 5.74) is 1.15. The highest BCUT2D eigenvalue weighted by Crippen LogP contribution is 2.13. The van der Waals surface area contributed by atoms with Crippen LogP contribution in [-0.4, -0.2) is 38.8 Å². The average Bonchev–Trinajstić information content (AvgIpc) is 3.44. The smallest absolute Gasteiger partial charge is 0.338 e. The number of thiophene rings is 1. The van der Waals surface area contributed by atoms with Gasteiger partial charge in [0.1, 0.15) is 5.76 Å². The summed E-state index contributed by atoms with van der Waals surface area (Å²) in [5.74, 6) is -0.567. The van der Waals surface area contributed by atoms with Gasteiger partial charge in [0, 0.05) is 13.6 Å². The quantitative estimate of drug-likeness (QED) is 0.505. The second-order valence-corrected chi connectivity index (χ2v) is 8.93. The predicted octanol–water partition coefficient (Wildman–Crippen LogP) is 2.64. The number of amides is 1. The molecular weight excluding hydrogens is 428 g/mol. The average molecular weight is 449 g/mol. The van der Waals surface area contributed by atoms with Crippen LogP contribution in [0.1, 0.15) is 21.7 Å². The molecule has 0 aliphatic carbocycles. The van der Waals surface area contributed by atoms with E-state index in [0.29, 0.717) is 12.3 Å². The number of furan rings is 1. The summed E-state index contributed by atoms with van der Waals surface area (Å²) >= 11 is 1.54. The highest BCUT2D eigenvalue weighted by Gasteiger charge is 2.17. The number of nitrogens with zero attached hydrogens (tertiary/aromatic N) is 1. The van der Waals surface area contributed by atoms with Crippen molar-refractivity contribution in [3.63, 3.8) is 0 Å². The van der Waals surface area contributed by atoms with Crippen LogP contribution in [0.5, 0.6) is 0 Å². The van der Waals surface area contributed by atoms with Crippen LogP contribution < -0.4 is 4.72 Å². The molecule has 0 aliphatic heterocycles. The minimum absolute atomic E-state index is 0.00261. The number of ether oxygens (including phenoxy) is 1. The lowest BCUT2D eigenvalue weighted by molar-refractivity contribution is -0.133. The van der Waals surface area contributed by atoms with Crippen molar-refractivity contribution in [2.24, 2.45) is 0 Å². The van der Waals surface area contributed by atoms with Crippen LogP contribution in [0.2, 0.25) is 0 Å². The van der Waals surface area contributed by atoms with Crippen LogP contribution >= 0.6 is 11.3 Å². The van der Waals surface area contributed by atoms with Crippen LogP contribution in [0.4, 0.5) is 0 Å². The van der Waals surface area contributed by atoms with Crippen molar-refractivity contribution < 1.29 is 27.2 Å². The molecule has 0 aliphatic rings. The lowest BCUT2D eigenvalue weighted by Crippen LogP contribution is -2.30. The van der Waals surface area contributed by atoms with E-state index in [1.54, 1.807) is 19.2 Å². The monoisotopic (exact) mass is 448 g/mol. The van der Waals surface area contributed by atoms with Gasteiger partial charge in [0.05, 0.1) is 23.3 Å². The summed E-state index contributed by atoms with van der Waals surface area (Å²) in [6, 6.07) is 10.5. The second kappa shape index (κ2) is 9.70. The molecule has 0 saturated heterocycles. The molecule has 30 heavy (non-hydrogen) atoms. The van der Waals surface area contributed by atoms with Crippen molar-refractivity contribution in [3.8, 4) is 0 Å². The van der Waals surface area contributed by atoms with Crippen molar-refractivity contribution in [3.05, 3.63) is 76.4 Å². The number of nitrogens with one attached hydrogen (secondary N) is 1. The molecule has 0 bridgehead atoms. The summed E-state index contributed by atoms with van der Waals surface area (Å²) in [5, 5.41) is 3.86. The highest BCUT2D eigenvalue weighted by atomic mass is 32.2. The molecule has 3 rings (SSSR count). The van der Waals surface area contributed by atoms with E-state index < -0.39 is 22.6 Å². The van der Waals surface area contributed by atoms with Crippen LogP contribution in [0.15, 0.2) is 68.8 Å². The Bertz CT molecular complexity index is 1080. The molecule has 1 amide bonds. The number of sulfonamides is 1. The Kier molecular flexibility index (Phi) is 7.03. The lowest BCUT2D eigenvalue weighted by atomic mass is 10.2. The first kappa shape index (κ1) is 21.8. The largest absolute Gasteiger partial charge is 0.468 e. The fourth-order valence-corrected chi connectivity index (χ4v) is 4.15. The van der Waals surface area contributed by atoms with Crippen molar-refractivity contribution in [2.45, 2.75) is 18.0 Å². The van der Waals surface area contributed by atoms with E-state index in [1.807, 2.05) is 16.8 Å². The van der Waals surface area contributed by atoms with Crippen LogP contribution in [-0.2, 0) is 32.6 Å². The van der Waals surface area contributed by atoms with Gasteiger partial charge in [0.2, 0.25) is 10.0 Å². The van der Waals surface area contributed by atoms with Gasteiger partial charge < -0.3 is 14.1 Å². The first-order chi connectivity index (χ1) is 14.3. The van der Waals surface area contributed by atoms with Gasteiger partial charge >= 0.3 is 5.97 Å². The van der Waals surface area contributed by atoms with Gasteiger partial charge in [-0.3, -0.25) is 4.79 Å². The summed E-state index contributed by atoms with van der Waals surface area (Å²) < 4.78 is 37.2. The maximum atomic E-state index is 12.3. The SMILES string of the molecule is CN(Cc1ccsc1)C(=O)COC(=O)c1ccc(S(=O)(=O)NCc2ccco2)cc1. The molecular formula is C20H20N2O6S2. The van der Waals surface area contributed by atoms with Gasteiger partial charge in [-0.1, -0.05) is 0 Å². The zero-order valence-corrected chi connectivity index (χ0v) is 17.7. The molecule has 2 heterocycles. The Hall–Kier alpha value is -2.95. The number of hydrogen-bond acceptors (Lipinski definition) is 7. The van der Waals surface area contributed by atoms with Gasteiger partial charge in [0.15, 0.2) is 6.61 Å². The van der Waals surface area contributed by atoms with E-state index in [4.69, 9.17) is 9.15 Å². The molecule has 3 aromatic rings. The zero-order chi connectivity index (χ0) is 21.6. The fraction of sp³-hybridized carbons (Fsp3) is 0.200. The standard InChI is InChI=1S/C20H20N2O6S2/c1-22(12-15-8-10-29-14-15)19(23)13-28-20(24)16-4-6-18(7-5-16)30(25,26)21-11-17-3-2-9-27-17/h2-10,14,21H,11-13H2,1H3. The Balaban J connectivity index is 1.52. The van der Waals surface area contributed by atoms with Crippen molar-refractivity contribution in [1.29, 1.82) is 0 Å². The van der Waals surface area contributed by atoms with E-state index in [1.165, 1.54) is 46.8 Å². The molecule has 0 atom stereocenters. The number of carbonyl (C=O) groups excluding carboxylic acids is 2. The Labute approximate surface area is 178 Å². The fourth-order valence-electron chi connectivity index (χ4n) is 2.50. The highest BCUT2D eigenvalue weighted by molar-refractivity contribution is 7.89. The Morgan fingerprint density at radius 1 is 1.17 bits per heavy atom. The number of hydrogen-bond donors (Lipinski definition) is 1. The van der Waals surface area contributed by atoms with E-state index in [-0.39, 0.29) is 22.9 Å². The molecule has 0 unspecified atom stereocenters. The number of esters is 1. The van der Waals surface area contributed by atoms with Crippen molar-refractivity contribution in [1.82, 2.24) is 9.62 Å². The van der Waals surface area contributed by atoms with E-state index in [0.717, 1.165) is 5.56 Å². The minimum Gasteiger partial charge on any atom is -0.468 e. The maximum absolute atomic E-state index is 12.3. The summed E-state index contributed by atoms with van der Waals surface area (Å²) in [6.45, 7) is 0.0435. The van der Waals surface area contributed by atoms with Crippen molar-refractivity contribution in [2.75, 3.05) is 13.7 Å². The summed E-state index contributed by atoms with van der Waals surface area (Å²) in [4.78, 5) is 25.7. The van der Waals surface area contributed by atoms with E-state index in [2.05, 4.69) is 4.72 Å². The normalized spacial score (nSPS) is 11.2. The Morgan fingerprint density at radius 3 is 2.57 bits per heavy atom. The molecule has 0 fully saturated rings. The van der Waals surface area contributed by atoms with Gasteiger partial charge in [-0.2, -0.15) is 11.3 Å². The minimum atomic E-state index is -3.76. The van der Waals surface area contributed by atoms with Crippen LogP contribution in [0, 0.1) is 0 Å². The molecule has 0 saturated carbocycles. The number of benzene rings is 1. The molecule has 1 aromatic carbocycles. The third-order valence-corrected chi connectivity index (χ3v) is 6.32. The molecule has 1 N–H and O–H groups in total. The molecule has 2 aromatic heterocycles. The van der Waals surface area contributed by atoms with Crippen LogP contribution in [0.25, 0.3) is 0 Å². The van der Waals surface area contributed by atoms with Crippen molar-refractivity contribution >= 4 is 33.2 Å². The number of likely N-dealkylation sites (N-methyl/N-ethyl adjacent to an activating group) is 1. The summed E-state index contributed by atoms with van der Waals surface area (Å²) in [6.07, 6.45) is 1.45. The third kappa shape index (κ3) is 5.78. The first-order valence-corrected chi connectivity index (χ1v) is 11.3. The van der Waals surface area contributed by atoms with Gasteiger partial charge in [-0.15, -0.1) is 0 Å². The molecule has 0 spiro atoms. The first-order valence-electron chi connectivity index (χ1n) is 8.89. The van der Waals surface area contributed by atoms with Crippen LogP contribution in [0.3, 0.4) is 0 Å². The maximum Gasteiger partial charge on any atom is 0.338 e. The molecule has 8 nitrogen and oxygen atoms in total. The topological polar surface area (TPSA) is 106 Å². The van der Waals surface area contributed by atoms with E-state index >= 15 is 0 Å². The van der Waals surface area contributed by atoms with Gasteiger partial charge in [-0.25, -0.2) is 17.9 Å². The zero-order valence-electron chi connectivity index (χ0n) is 16.1. The number of rotatable bonds is 9. The Morgan fingerprint density at radius 2 is 1.93 bits per heavy atom. The third-order valence-electron chi connectivity index (χ3n) is 4.17. The molecule has 10 heteroatoms. The second-order valence-electron chi connectivity index (χ2n) is 6.39. The summed E-state index contributed by atoms with van der Waals surface area (Å²) in [7, 11) is -2.13. The lowest BCUT2D eigenvalue weighted by Gasteiger charge is -2.16. The molecule has 158 valence electrons. The number of carbonyl (C=O) groups is 2. The van der Waals surface area contributed by atoms with E-state index in [9.17, 15) is 18.0 Å². The molecule has 0 radical (unpaired) electrons. The predicted molar refractivity (Wildman–Crippen MR) is 110 cm³/mol. The van der Waals surface area contributed by atoms with Gasteiger partial charge in [0.25, 0.3) is 5.91 Å². The van der Waals surface area contributed by atoms with Gasteiger partial charge in [-0.05, 0) is 58.8 Å².